The third kappa shape index (κ3) is 5.53. The van der Waals surface area contributed by atoms with E-state index in [0.717, 1.165) is 35.4 Å². The lowest BCUT2D eigenvalue weighted by Gasteiger charge is -2.08. The van der Waals surface area contributed by atoms with E-state index in [4.69, 9.17) is 4.74 Å². The minimum atomic E-state index is -0.215. The molecule has 0 fully saturated rings. The molecular weight excluding hydrogens is 356 g/mol. The van der Waals surface area contributed by atoms with Crippen LogP contribution in [0.15, 0.2) is 66.1 Å². The van der Waals surface area contributed by atoms with Crippen molar-refractivity contribution in [2.24, 2.45) is 0 Å². The average molecular weight is 378 g/mol. The number of ether oxygens (including phenoxy) is 1. The highest BCUT2D eigenvalue weighted by molar-refractivity contribution is 7.14. The Hall–Kier alpha value is -2.92. The Bertz CT molecular complexity index is 903. The van der Waals surface area contributed by atoms with Crippen LogP contribution in [-0.2, 0) is 4.79 Å². The van der Waals surface area contributed by atoms with Crippen LogP contribution in [0, 0.1) is 0 Å². The summed E-state index contributed by atoms with van der Waals surface area (Å²) in [5, 5.41) is 5.33. The first kappa shape index (κ1) is 18.9. The van der Waals surface area contributed by atoms with E-state index < -0.39 is 0 Å². The molecule has 2 aromatic carbocycles. The zero-order valence-corrected chi connectivity index (χ0v) is 16.0. The van der Waals surface area contributed by atoms with Crippen LogP contribution in [0.2, 0.25) is 0 Å². The number of anilines is 1. The number of thiazole rings is 1. The topological polar surface area (TPSA) is 51.2 Å². The van der Waals surface area contributed by atoms with Gasteiger partial charge in [0.05, 0.1) is 12.3 Å². The number of hydrogen-bond donors (Lipinski definition) is 1. The molecule has 5 heteroatoms. The van der Waals surface area contributed by atoms with Crippen molar-refractivity contribution in [2.75, 3.05) is 11.9 Å². The summed E-state index contributed by atoms with van der Waals surface area (Å²) in [5.41, 5.74) is 2.77. The van der Waals surface area contributed by atoms with E-state index in [9.17, 15) is 4.79 Å². The second-order valence-corrected chi connectivity index (χ2v) is 6.82. The molecule has 0 aliphatic rings. The number of para-hydroxylation sites is 1. The zero-order valence-electron chi connectivity index (χ0n) is 15.2. The van der Waals surface area contributed by atoms with E-state index in [-0.39, 0.29) is 5.91 Å². The van der Waals surface area contributed by atoms with E-state index in [1.165, 1.54) is 17.4 Å². The van der Waals surface area contributed by atoms with Gasteiger partial charge in [0.25, 0.3) is 0 Å². The first-order valence-electron chi connectivity index (χ1n) is 8.98. The number of hydrogen-bond acceptors (Lipinski definition) is 4. The Kier molecular flexibility index (Phi) is 6.77. The summed E-state index contributed by atoms with van der Waals surface area (Å²) in [7, 11) is 0. The Labute approximate surface area is 163 Å². The standard InChI is InChI=1S/C22H22N2O2S/c1-2-3-15-26-20-12-8-7-11-18(20)13-14-21(25)24-22-23-19(16-27-22)17-9-5-4-6-10-17/h4-14,16H,2-3,15H2,1H3,(H,23,24,25). The van der Waals surface area contributed by atoms with E-state index in [2.05, 4.69) is 17.2 Å². The Morgan fingerprint density at radius 3 is 2.74 bits per heavy atom. The van der Waals surface area contributed by atoms with E-state index in [1.54, 1.807) is 6.08 Å². The molecule has 0 radical (unpaired) electrons. The molecule has 27 heavy (non-hydrogen) atoms. The molecule has 0 saturated carbocycles. The highest BCUT2D eigenvalue weighted by Crippen LogP contribution is 2.25. The largest absolute Gasteiger partial charge is 0.493 e. The number of carbonyl (C=O) groups excluding carboxylic acids is 1. The third-order valence-corrected chi connectivity index (χ3v) is 4.65. The fourth-order valence-corrected chi connectivity index (χ4v) is 3.18. The van der Waals surface area contributed by atoms with Gasteiger partial charge in [-0.2, -0.15) is 0 Å². The molecule has 0 bridgehead atoms. The summed E-state index contributed by atoms with van der Waals surface area (Å²) in [6, 6.07) is 17.6. The average Bonchev–Trinajstić information content (AvgIpc) is 3.16. The molecule has 3 aromatic rings. The zero-order chi connectivity index (χ0) is 18.9. The van der Waals surface area contributed by atoms with Crippen molar-refractivity contribution in [2.45, 2.75) is 19.8 Å². The predicted molar refractivity (Wildman–Crippen MR) is 112 cm³/mol. The summed E-state index contributed by atoms with van der Waals surface area (Å²) < 4.78 is 5.79. The van der Waals surface area contributed by atoms with Crippen molar-refractivity contribution in [1.29, 1.82) is 0 Å². The molecule has 0 aliphatic heterocycles. The first-order valence-corrected chi connectivity index (χ1v) is 9.86. The molecule has 1 heterocycles. The van der Waals surface area contributed by atoms with Gasteiger partial charge in [-0.05, 0) is 18.6 Å². The predicted octanol–water partition coefficient (Wildman–Crippen LogP) is 5.64. The van der Waals surface area contributed by atoms with Gasteiger partial charge in [0.2, 0.25) is 5.91 Å². The second kappa shape index (κ2) is 9.69. The van der Waals surface area contributed by atoms with Crippen LogP contribution in [0.25, 0.3) is 17.3 Å². The molecule has 0 unspecified atom stereocenters. The van der Waals surface area contributed by atoms with Gasteiger partial charge in [0, 0.05) is 22.6 Å². The van der Waals surface area contributed by atoms with Gasteiger partial charge in [-0.3, -0.25) is 10.1 Å². The van der Waals surface area contributed by atoms with Gasteiger partial charge in [-0.1, -0.05) is 61.9 Å². The molecule has 1 amide bonds. The maximum atomic E-state index is 12.2. The quantitative estimate of drug-likeness (QED) is 0.407. The first-order chi connectivity index (χ1) is 13.3. The highest BCUT2D eigenvalue weighted by atomic mass is 32.1. The Morgan fingerprint density at radius 1 is 1.15 bits per heavy atom. The lowest BCUT2D eigenvalue weighted by molar-refractivity contribution is -0.111. The molecule has 4 nitrogen and oxygen atoms in total. The SMILES string of the molecule is CCCCOc1ccccc1C=CC(=O)Nc1nc(-c2ccccc2)cs1. The van der Waals surface area contributed by atoms with Crippen LogP contribution in [0.3, 0.4) is 0 Å². The number of nitrogens with zero attached hydrogens (tertiary/aromatic N) is 1. The fraction of sp³-hybridized carbons (Fsp3) is 0.182. The van der Waals surface area contributed by atoms with Crippen LogP contribution in [-0.4, -0.2) is 17.5 Å². The third-order valence-electron chi connectivity index (χ3n) is 3.89. The van der Waals surface area contributed by atoms with Crippen molar-refractivity contribution in [3.8, 4) is 17.0 Å². The molecule has 0 aliphatic carbocycles. The van der Waals surface area contributed by atoms with Crippen LogP contribution in [0.1, 0.15) is 25.3 Å². The summed E-state index contributed by atoms with van der Waals surface area (Å²) in [6.07, 6.45) is 5.36. The Morgan fingerprint density at radius 2 is 1.93 bits per heavy atom. The van der Waals surface area contributed by atoms with Crippen LogP contribution in [0.4, 0.5) is 5.13 Å². The molecule has 0 spiro atoms. The minimum absolute atomic E-state index is 0.215. The number of benzene rings is 2. The summed E-state index contributed by atoms with van der Waals surface area (Å²) in [4.78, 5) is 16.7. The number of aromatic nitrogens is 1. The Balaban J connectivity index is 1.62. The molecule has 3 rings (SSSR count). The van der Waals surface area contributed by atoms with Gasteiger partial charge < -0.3 is 4.74 Å². The molecule has 0 atom stereocenters. The smallest absolute Gasteiger partial charge is 0.250 e. The number of rotatable bonds is 8. The van der Waals surface area contributed by atoms with Crippen LogP contribution < -0.4 is 10.1 Å². The van der Waals surface area contributed by atoms with E-state index in [1.807, 2.05) is 60.0 Å². The van der Waals surface area contributed by atoms with Gasteiger partial charge in [-0.25, -0.2) is 4.98 Å². The van der Waals surface area contributed by atoms with E-state index >= 15 is 0 Å². The minimum Gasteiger partial charge on any atom is -0.493 e. The number of nitrogens with one attached hydrogen (secondary N) is 1. The molecule has 1 N–H and O–H groups in total. The lowest BCUT2D eigenvalue weighted by Crippen LogP contribution is -2.07. The fourth-order valence-electron chi connectivity index (χ4n) is 2.46. The summed E-state index contributed by atoms with van der Waals surface area (Å²) >= 11 is 1.41. The molecule has 138 valence electrons. The molecule has 0 saturated heterocycles. The monoisotopic (exact) mass is 378 g/mol. The molecule has 1 aromatic heterocycles. The van der Waals surface area contributed by atoms with Crippen LogP contribution in [0.5, 0.6) is 5.75 Å². The van der Waals surface area contributed by atoms with Gasteiger partial charge >= 0.3 is 0 Å². The van der Waals surface area contributed by atoms with Crippen molar-refractivity contribution in [3.63, 3.8) is 0 Å². The van der Waals surface area contributed by atoms with Crippen molar-refractivity contribution in [3.05, 3.63) is 71.6 Å². The van der Waals surface area contributed by atoms with Gasteiger partial charge in [0.15, 0.2) is 5.13 Å². The van der Waals surface area contributed by atoms with Crippen molar-refractivity contribution in [1.82, 2.24) is 4.98 Å². The highest BCUT2D eigenvalue weighted by Gasteiger charge is 2.06. The maximum absolute atomic E-state index is 12.2. The number of amides is 1. The van der Waals surface area contributed by atoms with Gasteiger partial charge in [0.1, 0.15) is 5.75 Å². The maximum Gasteiger partial charge on any atom is 0.250 e. The number of carbonyl (C=O) groups is 1. The number of unbranched alkanes of at least 4 members (excludes halogenated alkanes) is 1. The lowest BCUT2D eigenvalue weighted by atomic mass is 10.2. The van der Waals surface area contributed by atoms with Crippen molar-refractivity contribution >= 4 is 28.5 Å². The van der Waals surface area contributed by atoms with Gasteiger partial charge in [-0.15, -0.1) is 11.3 Å². The van der Waals surface area contributed by atoms with Crippen LogP contribution >= 0.6 is 11.3 Å². The summed E-state index contributed by atoms with van der Waals surface area (Å²) in [5.74, 6) is 0.572. The molecular formula is C22H22N2O2S. The second-order valence-electron chi connectivity index (χ2n) is 5.97. The normalized spacial score (nSPS) is 10.9. The van der Waals surface area contributed by atoms with Crippen molar-refractivity contribution < 1.29 is 9.53 Å². The van der Waals surface area contributed by atoms with E-state index in [0.29, 0.717) is 11.7 Å². The summed E-state index contributed by atoms with van der Waals surface area (Å²) in [6.45, 7) is 2.80.